The van der Waals surface area contributed by atoms with Crippen molar-refractivity contribution in [2.75, 3.05) is 6.54 Å². The molecule has 0 amide bonds. The van der Waals surface area contributed by atoms with Gasteiger partial charge < -0.3 is 10.1 Å². The van der Waals surface area contributed by atoms with Crippen molar-refractivity contribution in [2.45, 2.75) is 34.2 Å². The van der Waals surface area contributed by atoms with Crippen LogP contribution in [0.1, 0.15) is 29.2 Å². The number of benzene rings is 2. The minimum absolute atomic E-state index is 0.688. The summed E-state index contributed by atoms with van der Waals surface area (Å²) in [4.78, 5) is 0. The van der Waals surface area contributed by atoms with Gasteiger partial charge in [0.2, 0.25) is 0 Å². The maximum atomic E-state index is 6.21. The molecule has 2 aromatic carbocycles. The second kappa shape index (κ2) is 6.97. The van der Waals surface area contributed by atoms with E-state index in [1.807, 2.05) is 18.2 Å². The summed E-state index contributed by atoms with van der Waals surface area (Å²) in [5.74, 6) is 1.75. The minimum atomic E-state index is 0.688. The van der Waals surface area contributed by atoms with Gasteiger partial charge in [0.05, 0.1) is 0 Å². The van der Waals surface area contributed by atoms with E-state index in [2.05, 4.69) is 45.1 Å². The highest BCUT2D eigenvalue weighted by Crippen LogP contribution is 2.33. The molecule has 21 heavy (non-hydrogen) atoms. The first-order valence-electron chi connectivity index (χ1n) is 7.26. The molecule has 2 nitrogen and oxygen atoms in total. The molecule has 0 aliphatic carbocycles. The molecule has 0 aliphatic rings. The van der Waals surface area contributed by atoms with Crippen LogP contribution < -0.4 is 10.1 Å². The lowest BCUT2D eigenvalue weighted by molar-refractivity contribution is 0.465. The molecule has 0 radical (unpaired) electrons. The Hall–Kier alpha value is -1.51. The topological polar surface area (TPSA) is 21.3 Å². The Labute approximate surface area is 132 Å². The van der Waals surface area contributed by atoms with Gasteiger partial charge in [0.1, 0.15) is 11.5 Å². The standard InChI is InChI=1S/C18H22ClNO/c1-5-20-11-15-8-9-16(19)10-17(15)21-18-13(3)7-6-12(2)14(18)4/h6-10,20H,5,11H2,1-4H3. The highest BCUT2D eigenvalue weighted by Gasteiger charge is 2.11. The average Bonchev–Trinajstić information content (AvgIpc) is 2.47. The van der Waals surface area contributed by atoms with E-state index in [-0.39, 0.29) is 0 Å². The van der Waals surface area contributed by atoms with Gasteiger partial charge in [-0.1, -0.05) is 36.7 Å². The second-order valence-electron chi connectivity index (χ2n) is 5.29. The molecule has 0 unspecified atom stereocenters. The van der Waals surface area contributed by atoms with Crippen molar-refractivity contribution in [3.63, 3.8) is 0 Å². The van der Waals surface area contributed by atoms with Crippen molar-refractivity contribution in [3.05, 3.63) is 57.6 Å². The Bertz CT molecular complexity index is 637. The first-order valence-corrected chi connectivity index (χ1v) is 7.64. The molecule has 3 heteroatoms. The van der Waals surface area contributed by atoms with Crippen LogP contribution in [0.2, 0.25) is 5.02 Å². The van der Waals surface area contributed by atoms with E-state index >= 15 is 0 Å². The quantitative estimate of drug-likeness (QED) is 0.823. The normalized spacial score (nSPS) is 10.7. The van der Waals surface area contributed by atoms with E-state index in [1.165, 1.54) is 11.1 Å². The summed E-state index contributed by atoms with van der Waals surface area (Å²) in [7, 11) is 0. The third-order valence-corrected chi connectivity index (χ3v) is 3.92. The van der Waals surface area contributed by atoms with Crippen molar-refractivity contribution in [3.8, 4) is 11.5 Å². The van der Waals surface area contributed by atoms with Gasteiger partial charge in [-0.15, -0.1) is 0 Å². The zero-order chi connectivity index (χ0) is 15.4. The molecule has 0 atom stereocenters. The number of halogens is 1. The first-order chi connectivity index (χ1) is 10.0. The van der Waals surface area contributed by atoms with Crippen molar-refractivity contribution < 1.29 is 4.74 Å². The fourth-order valence-electron chi connectivity index (χ4n) is 2.22. The number of nitrogens with one attached hydrogen (secondary N) is 1. The van der Waals surface area contributed by atoms with Crippen molar-refractivity contribution >= 4 is 11.6 Å². The number of aryl methyl sites for hydroxylation is 2. The van der Waals surface area contributed by atoms with Crippen LogP contribution in [0.3, 0.4) is 0 Å². The highest BCUT2D eigenvalue weighted by atomic mass is 35.5. The Morgan fingerprint density at radius 3 is 2.48 bits per heavy atom. The number of rotatable bonds is 5. The first kappa shape index (κ1) is 15.9. The van der Waals surface area contributed by atoms with Crippen LogP contribution in [-0.4, -0.2) is 6.54 Å². The zero-order valence-corrected chi connectivity index (χ0v) is 13.8. The SMILES string of the molecule is CCNCc1ccc(Cl)cc1Oc1c(C)ccc(C)c1C. The van der Waals surface area contributed by atoms with E-state index < -0.39 is 0 Å². The Balaban J connectivity index is 2.39. The molecule has 2 aromatic rings. The second-order valence-corrected chi connectivity index (χ2v) is 5.72. The van der Waals surface area contributed by atoms with Crippen LogP contribution in [0, 0.1) is 20.8 Å². The van der Waals surface area contributed by atoms with Gasteiger partial charge in [0.25, 0.3) is 0 Å². The summed E-state index contributed by atoms with van der Waals surface area (Å²) in [6.07, 6.45) is 0. The molecule has 0 aliphatic heterocycles. The fourth-order valence-corrected chi connectivity index (χ4v) is 2.38. The lowest BCUT2D eigenvalue weighted by Gasteiger charge is -2.16. The number of hydrogen-bond donors (Lipinski definition) is 1. The molecule has 0 saturated carbocycles. The molecule has 0 heterocycles. The van der Waals surface area contributed by atoms with Crippen molar-refractivity contribution in [1.82, 2.24) is 5.32 Å². The van der Waals surface area contributed by atoms with E-state index in [9.17, 15) is 0 Å². The molecule has 112 valence electrons. The molecule has 0 aromatic heterocycles. The van der Waals surface area contributed by atoms with Gasteiger partial charge in [-0.3, -0.25) is 0 Å². The van der Waals surface area contributed by atoms with Gasteiger partial charge >= 0.3 is 0 Å². The molecular weight excluding hydrogens is 282 g/mol. The summed E-state index contributed by atoms with van der Waals surface area (Å²) < 4.78 is 6.21. The zero-order valence-electron chi connectivity index (χ0n) is 13.1. The third-order valence-electron chi connectivity index (χ3n) is 3.68. The monoisotopic (exact) mass is 303 g/mol. The maximum absolute atomic E-state index is 6.21. The summed E-state index contributed by atoms with van der Waals surface area (Å²) in [6, 6.07) is 10.0. The third kappa shape index (κ3) is 3.78. The summed E-state index contributed by atoms with van der Waals surface area (Å²) in [5, 5.41) is 4.02. The lowest BCUT2D eigenvalue weighted by Crippen LogP contribution is -2.12. The number of ether oxygens (including phenoxy) is 1. The van der Waals surface area contributed by atoms with Crippen LogP contribution in [-0.2, 0) is 6.54 Å². The van der Waals surface area contributed by atoms with Gasteiger partial charge in [0.15, 0.2) is 0 Å². The van der Waals surface area contributed by atoms with E-state index in [0.29, 0.717) is 5.02 Å². The smallest absolute Gasteiger partial charge is 0.133 e. The highest BCUT2D eigenvalue weighted by molar-refractivity contribution is 6.30. The van der Waals surface area contributed by atoms with E-state index in [1.54, 1.807) is 0 Å². The molecular formula is C18H22ClNO. The van der Waals surface area contributed by atoms with Gasteiger partial charge in [-0.2, -0.15) is 0 Å². The molecule has 0 saturated heterocycles. The maximum Gasteiger partial charge on any atom is 0.133 e. The van der Waals surface area contributed by atoms with Crippen molar-refractivity contribution in [2.24, 2.45) is 0 Å². The van der Waals surface area contributed by atoms with Crippen LogP contribution >= 0.6 is 11.6 Å². The van der Waals surface area contributed by atoms with Gasteiger partial charge in [-0.05, 0) is 56.1 Å². The molecule has 2 rings (SSSR count). The molecule has 0 spiro atoms. The van der Waals surface area contributed by atoms with E-state index in [0.717, 1.165) is 35.7 Å². The predicted octanol–water partition coefficient (Wildman–Crippen LogP) is 5.17. The largest absolute Gasteiger partial charge is 0.456 e. The average molecular weight is 304 g/mol. The molecule has 0 bridgehead atoms. The summed E-state index contributed by atoms with van der Waals surface area (Å²) >= 11 is 6.13. The van der Waals surface area contributed by atoms with E-state index in [4.69, 9.17) is 16.3 Å². The summed E-state index contributed by atoms with van der Waals surface area (Å²) in [6.45, 7) is 10.0. The van der Waals surface area contributed by atoms with Gasteiger partial charge in [-0.25, -0.2) is 0 Å². The van der Waals surface area contributed by atoms with Crippen LogP contribution in [0.5, 0.6) is 11.5 Å². The van der Waals surface area contributed by atoms with Crippen LogP contribution in [0.4, 0.5) is 0 Å². The lowest BCUT2D eigenvalue weighted by atomic mass is 10.1. The van der Waals surface area contributed by atoms with Gasteiger partial charge in [0, 0.05) is 17.1 Å². The van der Waals surface area contributed by atoms with Crippen molar-refractivity contribution in [1.29, 1.82) is 0 Å². The minimum Gasteiger partial charge on any atom is -0.456 e. The van der Waals surface area contributed by atoms with Crippen LogP contribution in [0.25, 0.3) is 0 Å². The Morgan fingerprint density at radius 1 is 1.05 bits per heavy atom. The Morgan fingerprint density at radius 2 is 1.76 bits per heavy atom. The molecule has 0 fully saturated rings. The fraction of sp³-hybridized carbons (Fsp3) is 0.333. The summed E-state index contributed by atoms with van der Waals surface area (Å²) in [5.41, 5.74) is 4.64. The number of hydrogen-bond acceptors (Lipinski definition) is 2. The van der Waals surface area contributed by atoms with Crippen LogP contribution in [0.15, 0.2) is 30.3 Å². The predicted molar refractivity (Wildman–Crippen MR) is 89.6 cm³/mol. The Kier molecular flexibility index (Phi) is 5.27. The molecule has 1 N–H and O–H groups in total.